The third kappa shape index (κ3) is 3.75. The summed E-state index contributed by atoms with van der Waals surface area (Å²) in [5.41, 5.74) is 0.581. The van der Waals surface area contributed by atoms with Gasteiger partial charge in [0, 0.05) is 29.8 Å². The number of hydrogen-bond acceptors (Lipinski definition) is 4. The van der Waals surface area contributed by atoms with Gasteiger partial charge in [-0.1, -0.05) is 13.0 Å². The van der Waals surface area contributed by atoms with Crippen molar-refractivity contribution in [1.29, 1.82) is 0 Å². The SMILES string of the molecule is CCC(CCO)NC(=O)c1cccc([N+](=O)[O-])c1C. The van der Waals surface area contributed by atoms with Crippen LogP contribution in [0.5, 0.6) is 0 Å². The number of aliphatic hydroxyl groups is 1. The number of carbonyl (C=O) groups is 1. The molecule has 0 aromatic heterocycles. The van der Waals surface area contributed by atoms with E-state index in [0.29, 0.717) is 24.0 Å². The number of nitrogens with zero attached hydrogens (tertiary/aromatic N) is 1. The molecule has 19 heavy (non-hydrogen) atoms. The van der Waals surface area contributed by atoms with Crippen LogP contribution in [0.3, 0.4) is 0 Å². The van der Waals surface area contributed by atoms with E-state index in [-0.39, 0.29) is 24.2 Å². The zero-order chi connectivity index (χ0) is 14.4. The Hall–Kier alpha value is -1.95. The first-order valence-corrected chi connectivity index (χ1v) is 6.17. The van der Waals surface area contributed by atoms with Gasteiger partial charge in [-0.25, -0.2) is 0 Å². The Morgan fingerprint density at radius 1 is 1.53 bits per heavy atom. The molecule has 1 amide bonds. The molecule has 1 aromatic carbocycles. The molecule has 1 aromatic rings. The van der Waals surface area contributed by atoms with Gasteiger partial charge >= 0.3 is 0 Å². The molecule has 0 radical (unpaired) electrons. The Bertz CT molecular complexity index is 474. The second kappa shape index (κ2) is 6.84. The van der Waals surface area contributed by atoms with Crippen LogP contribution in [0.25, 0.3) is 0 Å². The van der Waals surface area contributed by atoms with Crippen molar-refractivity contribution in [3.63, 3.8) is 0 Å². The molecule has 0 fully saturated rings. The molecule has 1 atom stereocenters. The number of carbonyl (C=O) groups excluding carboxylic acids is 1. The molecule has 0 heterocycles. The molecule has 6 nitrogen and oxygen atoms in total. The minimum absolute atomic E-state index is 0.00724. The first kappa shape index (κ1) is 15.1. The summed E-state index contributed by atoms with van der Waals surface area (Å²) in [7, 11) is 0. The average Bonchev–Trinajstić information content (AvgIpc) is 2.37. The molecule has 0 aliphatic rings. The molecule has 1 rings (SSSR count). The highest BCUT2D eigenvalue weighted by Gasteiger charge is 2.19. The lowest BCUT2D eigenvalue weighted by Gasteiger charge is -2.16. The van der Waals surface area contributed by atoms with Crippen molar-refractivity contribution in [2.75, 3.05) is 6.61 Å². The topological polar surface area (TPSA) is 92.5 Å². The van der Waals surface area contributed by atoms with Crippen LogP contribution >= 0.6 is 0 Å². The van der Waals surface area contributed by atoms with Crippen molar-refractivity contribution < 1.29 is 14.8 Å². The summed E-state index contributed by atoms with van der Waals surface area (Å²) in [4.78, 5) is 22.4. The molecule has 0 saturated carbocycles. The average molecular weight is 266 g/mol. The van der Waals surface area contributed by atoms with Crippen molar-refractivity contribution in [2.45, 2.75) is 32.7 Å². The minimum Gasteiger partial charge on any atom is -0.396 e. The smallest absolute Gasteiger partial charge is 0.273 e. The molecule has 2 N–H and O–H groups in total. The second-order valence-corrected chi connectivity index (χ2v) is 4.30. The lowest BCUT2D eigenvalue weighted by atomic mass is 10.0. The standard InChI is InChI=1S/C13H18N2O4/c1-3-10(7-8-16)14-13(17)11-5-4-6-12(9(11)2)15(18)19/h4-6,10,16H,3,7-8H2,1-2H3,(H,14,17). The fourth-order valence-corrected chi connectivity index (χ4v) is 1.86. The van der Waals surface area contributed by atoms with Gasteiger partial charge in [0.15, 0.2) is 0 Å². The van der Waals surface area contributed by atoms with Crippen LogP contribution in [0, 0.1) is 17.0 Å². The largest absolute Gasteiger partial charge is 0.396 e. The molecule has 6 heteroatoms. The predicted octanol–water partition coefficient (Wildman–Crippen LogP) is 1.79. The molecule has 104 valence electrons. The van der Waals surface area contributed by atoms with Crippen molar-refractivity contribution in [2.24, 2.45) is 0 Å². The molecule has 0 bridgehead atoms. The molecule has 0 aliphatic carbocycles. The zero-order valence-electron chi connectivity index (χ0n) is 11.0. The lowest BCUT2D eigenvalue weighted by molar-refractivity contribution is -0.385. The highest BCUT2D eigenvalue weighted by atomic mass is 16.6. The van der Waals surface area contributed by atoms with Crippen LogP contribution in [0.15, 0.2) is 18.2 Å². The lowest BCUT2D eigenvalue weighted by Crippen LogP contribution is -2.35. The quantitative estimate of drug-likeness (QED) is 0.606. The maximum absolute atomic E-state index is 12.1. The first-order chi connectivity index (χ1) is 9.01. The predicted molar refractivity (Wildman–Crippen MR) is 71.1 cm³/mol. The van der Waals surface area contributed by atoms with E-state index >= 15 is 0 Å². The summed E-state index contributed by atoms with van der Waals surface area (Å²) in [5.74, 6) is -0.346. The molecule has 0 saturated heterocycles. The fourth-order valence-electron chi connectivity index (χ4n) is 1.86. The van der Waals surface area contributed by atoms with E-state index < -0.39 is 4.92 Å². The van der Waals surface area contributed by atoms with Gasteiger partial charge in [0.1, 0.15) is 0 Å². The van der Waals surface area contributed by atoms with Gasteiger partial charge in [-0.05, 0) is 25.8 Å². The summed E-state index contributed by atoms with van der Waals surface area (Å²) < 4.78 is 0. The van der Waals surface area contributed by atoms with Gasteiger partial charge in [0.2, 0.25) is 0 Å². The Kier molecular flexibility index (Phi) is 5.44. The van der Waals surface area contributed by atoms with Crippen LogP contribution in [-0.4, -0.2) is 28.6 Å². The van der Waals surface area contributed by atoms with Crippen molar-refractivity contribution in [3.8, 4) is 0 Å². The van der Waals surface area contributed by atoms with E-state index in [1.165, 1.54) is 12.1 Å². The van der Waals surface area contributed by atoms with E-state index in [2.05, 4.69) is 5.32 Å². The Morgan fingerprint density at radius 2 is 2.21 bits per heavy atom. The van der Waals surface area contributed by atoms with E-state index in [1.807, 2.05) is 6.92 Å². The minimum atomic E-state index is -0.503. The summed E-state index contributed by atoms with van der Waals surface area (Å²) in [5, 5.41) is 22.5. The Morgan fingerprint density at radius 3 is 2.74 bits per heavy atom. The van der Waals surface area contributed by atoms with Gasteiger partial charge < -0.3 is 10.4 Å². The van der Waals surface area contributed by atoms with Gasteiger partial charge in [-0.2, -0.15) is 0 Å². The van der Waals surface area contributed by atoms with E-state index in [9.17, 15) is 14.9 Å². The molecular weight excluding hydrogens is 248 g/mol. The maximum atomic E-state index is 12.1. The first-order valence-electron chi connectivity index (χ1n) is 6.17. The molecule has 0 spiro atoms. The van der Waals surface area contributed by atoms with Crippen molar-refractivity contribution >= 4 is 11.6 Å². The number of nitro benzene ring substituents is 1. The number of nitro groups is 1. The molecular formula is C13H18N2O4. The van der Waals surface area contributed by atoms with E-state index in [1.54, 1.807) is 13.0 Å². The summed E-state index contributed by atoms with van der Waals surface area (Å²) in [6, 6.07) is 4.30. The highest BCUT2D eigenvalue weighted by Crippen LogP contribution is 2.21. The van der Waals surface area contributed by atoms with Crippen LogP contribution in [0.1, 0.15) is 35.7 Å². The number of nitrogens with one attached hydrogen (secondary N) is 1. The Labute approximate surface area is 111 Å². The van der Waals surface area contributed by atoms with Gasteiger partial charge in [-0.3, -0.25) is 14.9 Å². The number of benzene rings is 1. The summed E-state index contributed by atoms with van der Waals surface area (Å²) in [6.07, 6.45) is 1.16. The number of amides is 1. The third-order valence-electron chi connectivity index (χ3n) is 3.05. The van der Waals surface area contributed by atoms with E-state index in [4.69, 9.17) is 5.11 Å². The van der Waals surface area contributed by atoms with Gasteiger partial charge in [0.05, 0.1) is 4.92 Å². The van der Waals surface area contributed by atoms with E-state index in [0.717, 1.165) is 0 Å². The number of rotatable bonds is 6. The van der Waals surface area contributed by atoms with Crippen LogP contribution in [0.4, 0.5) is 5.69 Å². The van der Waals surface area contributed by atoms with Gasteiger partial charge in [-0.15, -0.1) is 0 Å². The second-order valence-electron chi connectivity index (χ2n) is 4.30. The normalized spacial score (nSPS) is 11.9. The maximum Gasteiger partial charge on any atom is 0.273 e. The summed E-state index contributed by atoms with van der Waals surface area (Å²) in [6.45, 7) is 3.45. The zero-order valence-corrected chi connectivity index (χ0v) is 11.0. The molecule has 1 unspecified atom stereocenters. The Balaban J connectivity index is 2.94. The monoisotopic (exact) mass is 266 g/mol. The number of hydrogen-bond donors (Lipinski definition) is 2. The number of aliphatic hydroxyl groups excluding tert-OH is 1. The third-order valence-corrected chi connectivity index (χ3v) is 3.05. The van der Waals surface area contributed by atoms with Crippen LogP contribution in [0.2, 0.25) is 0 Å². The van der Waals surface area contributed by atoms with Crippen molar-refractivity contribution in [3.05, 3.63) is 39.4 Å². The van der Waals surface area contributed by atoms with Crippen LogP contribution < -0.4 is 5.32 Å². The van der Waals surface area contributed by atoms with Gasteiger partial charge in [0.25, 0.3) is 11.6 Å². The van der Waals surface area contributed by atoms with Crippen molar-refractivity contribution in [1.82, 2.24) is 5.32 Å². The summed E-state index contributed by atoms with van der Waals surface area (Å²) >= 11 is 0. The van der Waals surface area contributed by atoms with Crippen LogP contribution in [-0.2, 0) is 0 Å². The fraction of sp³-hybridized carbons (Fsp3) is 0.462. The molecule has 0 aliphatic heterocycles. The highest BCUT2D eigenvalue weighted by molar-refractivity contribution is 5.96.